The zero-order valence-electron chi connectivity index (χ0n) is 10.8. The average Bonchev–Trinajstić information content (AvgIpc) is 3.03. The highest BCUT2D eigenvalue weighted by molar-refractivity contribution is 9.10. The molecule has 104 valence electrons. The largest absolute Gasteiger partial charge is 0.321 e. The molecule has 0 unspecified atom stereocenters. The number of hydrogen-bond donors (Lipinski definition) is 1. The van der Waals surface area contributed by atoms with E-state index in [0.29, 0.717) is 11.4 Å². The minimum absolute atomic E-state index is 0.257. The normalized spacial score (nSPS) is 10.3. The van der Waals surface area contributed by atoms with Gasteiger partial charge in [0.1, 0.15) is 5.69 Å². The lowest BCUT2D eigenvalue weighted by Crippen LogP contribution is -2.13. The van der Waals surface area contributed by atoms with Crippen molar-refractivity contribution in [1.82, 2.24) is 20.0 Å². The molecular weight excluding hydrogens is 334 g/mol. The third-order valence-electron chi connectivity index (χ3n) is 2.73. The Balaban J connectivity index is 1.73. The minimum Gasteiger partial charge on any atom is -0.321 e. The van der Waals surface area contributed by atoms with Crippen molar-refractivity contribution < 1.29 is 4.79 Å². The number of aromatic nitrogens is 4. The van der Waals surface area contributed by atoms with E-state index in [1.807, 2.05) is 12.1 Å². The Morgan fingerprint density at radius 3 is 2.38 bits per heavy atom. The summed E-state index contributed by atoms with van der Waals surface area (Å²) in [7, 11) is 0. The number of rotatable bonds is 3. The van der Waals surface area contributed by atoms with Gasteiger partial charge in [-0.15, -0.1) is 0 Å². The molecule has 0 aliphatic rings. The predicted octanol–water partition coefficient (Wildman–Crippen LogP) is 2.68. The third-order valence-corrected chi connectivity index (χ3v) is 3.20. The summed E-state index contributed by atoms with van der Waals surface area (Å²) in [5, 5.41) is 10.9. The molecule has 3 aromatic rings. The lowest BCUT2D eigenvalue weighted by Gasteiger charge is -2.06. The second-order valence-electron chi connectivity index (χ2n) is 4.18. The second-order valence-corrected chi connectivity index (χ2v) is 5.10. The summed E-state index contributed by atoms with van der Waals surface area (Å²) in [5.74, 6) is -0.257. The van der Waals surface area contributed by atoms with Crippen LogP contribution in [0.4, 0.5) is 5.69 Å². The molecule has 2 aromatic heterocycles. The summed E-state index contributed by atoms with van der Waals surface area (Å²) >= 11 is 3.28. The van der Waals surface area contributed by atoms with Gasteiger partial charge in [-0.3, -0.25) is 4.79 Å². The van der Waals surface area contributed by atoms with Gasteiger partial charge in [0, 0.05) is 16.4 Å². The Morgan fingerprint density at radius 2 is 1.76 bits per heavy atom. The number of anilines is 1. The maximum absolute atomic E-state index is 12.0. The number of amides is 1. The van der Waals surface area contributed by atoms with E-state index in [1.54, 1.807) is 42.9 Å². The Bertz CT molecular complexity index is 738. The lowest BCUT2D eigenvalue weighted by atomic mass is 10.2. The number of hydrogen-bond acceptors (Lipinski definition) is 4. The van der Waals surface area contributed by atoms with E-state index in [2.05, 4.69) is 36.4 Å². The van der Waals surface area contributed by atoms with Crippen molar-refractivity contribution in [1.29, 1.82) is 0 Å². The van der Waals surface area contributed by atoms with Crippen molar-refractivity contribution in [2.75, 3.05) is 5.32 Å². The van der Waals surface area contributed by atoms with Crippen LogP contribution in [-0.2, 0) is 0 Å². The SMILES string of the molecule is O=C(Nc1ccc(-n2nccn2)cc1)c1ccc(Br)cn1. The van der Waals surface area contributed by atoms with Crippen molar-refractivity contribution in [2.24, 2.45) is 0 Å². The van der Waals surface area contributed by atoms with Crippen LogP contribution < -0.4 is 5.32 Å². The smallest absolute Gasteiger partial charge is 0.274 e. The fraction of sp³-hybridized carbons (Fsp3) is 0. The van der Waals surface area contributed by atoms with Gasteiger partial charge in [-0.1, -0.05) is 0 Å². The van der Waals surface area contributed by atoms with Crippen LogP contribution in [0.3, 0.4) is 0 Å². The van der Waals surface area contributed by atoms with Gasteiger partial charge in [0.2, 0.25) is 0 Å². The Kier molecular flexibility index (Phi) is 3.74. The van der Waals surface area contributed by atoms with Gasteiger partial charge in [0.25, 0.3) is 5.91 Å². The third kappa shape index (κ3) is 3.14. The maximum atomic E-state index is 12.0. The number of benzene rings is 1. The van der Waals surface area contributed by atoms with Crippen LogP contribution in [0, 0.1) is 0 Å². The minimum atomic E-state index is -0.257. The van der Waals surface area contributed by atoms with Crippen molar-refractivity contribution in [3.63, 3.8) is 0 Å². The summed E-state index contributed by atoms with van der Waals surface area (Å²) < 4.78 is 0.829. The fourth-order valence-electron chi connectivity index (χ4n) is 1.73. The molecule has 0 radical (unpaired) electrons. The number of halogens is 1. The molecule has 1 amide bonds. The summed E-state index contributed by atoms with van der Waals surface area (Å²) in [6.07, 6.45) is 4.80. The first kappa shape index (κ1) is 13.4. The highest BCUT2D eigenvalue weighted by Crippen LogP contribution is 2.13. The van der Waals surface area contributed by atoms with Gasteiger partial charge in [-0.2, -0.15) is 15.0 Å². The van der Waals surface area contributed by atoms with Gasteiger partial charge >= 0.3 is 0 Å². The molecule has 0 saturated heterocycles. The Morgan fingerprint density at radius 1 is 1.05 bits per heavy atom. The number of carbonyl (C=O) groups excluding carboxylic acids is 1. The molecule has 0 bridgehead atoms. The first-order valence-corrected chi connectivity index (χ1v) is 6.91. The molecule has 0 fully saturated rings. The standard InChI is InChI=1S/C14H10BrN5O/c15-10-1-6-13(16-9-10)14(21)19-11-2-4-12(5-3-11)20-17-7-8-18-20/h1-9H,(H,19,21). The maximum Gasteiger partial charge on any atom is 0.274 e. The lowest BCUT2D eigenvalue weighted by molar-refractivity contribution is 0.102. The predicted molar refractivity (Wildman–Crippen MR) is 81.2 cm³/mol. The summed E-state index contributed by atoms with van der Waals surface area (Å²) in [6.45, 7) is 0. The van der Waals surface area contributed by atoms with Crippen molar-refractivity contribution in [2.45, 2.75) is 0 Å². The van der Waals surface area contributed by atoms with Crippen LogP contribution in [0.2, 0.25) is 0 Å². The van der Waals surface area contributed by atoms with Crippen molar-refractivity contribution in [3.05, 3.63) is 65.2 Å². The fourth-order valence-corrected chi connectivity index (χ4v) is 1.97. The topological polar surface area (TPSA) is 72.7 Å². The Hall–Kier alpha value is -2.54. The van der Waals surface area contributed by atoms with Gasteiger partial charge in [0.05, 0.1) is 18.1 Å². The highest BCUT2D eigenvalue weighted by Gasteiger charge is 2.07. The van der Waals surface area contributed by atoms with E-state index in [-0.39, 0.29) is 5.91 Å². The summed E-state index contributed by atoms with van der Waals surface area (Å²) in [5.41, 5.74) is 1.86. The molecule has 0 aliphatic heterocycles. The molecule has 6 nitrogen and oxygen atoms in total. The van der Waals surface area contributed by atoms with Crippen LogP contribution in [0.5, 0.6) is 0 Å². The molecule has 0 aliphatic carbocycles. The van der Waals surface area contributed by atoms with Crippen molar-refractivity contribution in [3.8, 4) is 5.69 Å². The first-order valence-electron chi connectivity index (χ1n) is 6.12. The quantitative estimate of drug-likeness (QED) is 0.793. The molecule has 21 heavy (non-hydrogen) atoms. The van der Waals surface area contributed by atoms with E-state index in [0.717, 1.165) is 10.2 Å². The molecular formula is C14H10BrN5O. The van der Waals surface area contributed by atoms with Crippen LogP contribution >= 0.6 is 15.9 Å². The highest BCUT2D eigenvalue weighted by atomic mass is 79.9. The molecule has 0 saturated carbocycles. The van der Waals surface area contributed by atoms with Crippen LogP contribution in [-0.4, -0.2) is 25.9 Å². The van der Waals surface area contributed by atoms with E-state index in [9.17, 15) is 4.79 Å². The molecule has 1 aromatic carbocycles. The summed E-state index contributed by atoms with van der Waals surface area (Å²) in [4.78, 5) is 17.6. The first-order chi connectivity index (χ1) is 10.2. The number of pyridine rings is 1. The number of nitrogens with one attached hydrogen (secondary N) is 1. The van der Waals surface area contributed by atoms with Crippen LogP contribution in [0.25, 0.3) is 5.69 Å². The average molecular weight is 344 g/mol. The van der Waals surface area contributed by atoms with Crippen LogP contribution in [0.1, 0.15) is 10.5 Å². The molecule has 3 rings (SSSR count). The van der Waals surface area contributed by atoms with Gasteiger partial charge < -0.3 is 5.32 Å². The summed E-state index contributed by atoms with van der Waals surface area (Å²) in [6, 6.07) is 10.6. The van der Waals surface area contributed by atoms with E-state index >= 15 is 0 Å². The monoisotopic (exact) mass is 343 g/mol. The zero-order chi connectivity index (χ0) is 14.7. The van der Waals surface area contributed by atoms with Crippen LogP contribution in [0.15, 0.2) is 59.5 Å². The number of carbonyl (C=O) groups is 1. The molecule has 1 N–H and O–H groups in total. The van der Waals surface area contributed by atoms with Gasteiger partial charge in [-0.25, -0.2) is 4.98 Å². The van der Waals surface area contributed by atoms with Gasteiger partial charge in [-0.05, 0) is 52.3 Å². The Labute approximate surface area is 129 Å². The van der Waals surface area contributed by atoms with Gasteiger partial charge in [0.15, 0.2) is 0 Å². The van der Waals surface area contributed by atoms with E-state index in [1.165, 1.54) is 4.80 Å². The molecule has 0 atom stereocenters. The van der Waals surface area contributed by atoms with Crippen molar-refractivity contribution >= 4 is 27.5 Å². The number of nitrogens with zero attached hydrogens (tertiary/aromatic N) is 4. The zero-order valence-corrected chi connectivity index (χ0v) is 12.4. The van der Waals surface area contributed by atoms with E-state index in [4.69, 9.17) is 0 Å². The molecule has 0 spiro atoms. The second kappa shape index (κ2) is 5.84. The molecule has 7 heteroatoms. The molecule has 2 heterocycles. The van der Waals surface area contributed by atoms with E-state index < -0.39 is 0 Å².